The highest BCUT2D eigenvalue weighted by Crippen LogP contribution is 2.29. The highest BCUT2D eigenvalue weighted by molar-refractivity contribution is 6.30. The quantitative estimate of drug-likeness (QED) is 0.333. The Hall–Kier alpha value is -4.08. The molecular formula is C27H26ClN7O2. The van der Waals surface area contributed by atoms with E-state index >= 15 is 0 Å². The van der Waals surface area contributed by atoms with Crippen molar-refractivity contribution in [2.24, 2.45) is 7.05 Å². The summed E-state index contributed by atoms with van der Waals surface area (Å²) >= 11 is 6.12. The zero-order valence-corrected chi connectivity index (χ0v) is 21.4. The van der Waals surface area contributed by atoms with Gasteiger partial charge in [0.15, 0.2) is 5.82 Å². The van der Waals surface area contributed by atoms with E-state index in [9.17, 15) is 9.90 Å². The van der Waals surface area contributed by atoms with E-state index in [1.54, 1.807) is 47.2 Å². The van der Waals surface area contributed by atoms with Crippen molar-refractivity contribution in [1.29, 1.82) is 0 Å². The average molecular weight is 516 g/mol. The molecule has 4 heterocycles. The van der Waals surface area contributed by atoms with E-state index in [0.29, 0.717) is 34.3 Å². The summed E-state index contributed by atoms with van der Waals surface area (Å²) in [6, 6.07) is 11.2. The molecule has 0 saturated heterocycles. The van der Waals surface area contributed by atoms with E-state index in [-0.39, 0.29) is 12.2 Å². The highest BCUT2D eigenvalue weighted by atomic mass is 35.5. The molecule has 37 heavy (non-hydrogen) atoms. The lowest BCUT2D eigenvalue weighted by molar-refractivity contribution is 0.152. The van der Waals surface area contributed by atoms with Crippen molar-refractivity contribution in [3.8, 4) is 22.5 Å². The Bertz CT molecular complexity index is 1660. The molecule has 0 aliphatic heterocycles. The Morgan fingerprint density at radius 3 is 2.70 bits per heavy atom. The Kier molecular flexibility index (Phi) is 6.49. The fourth-order valence-corrected chi connectivity index (χ4v) is 4.15. The van der Waals surface area contributed by atoms with Gasteiger partial charge in [0, 0.05) is 49.3 Å². The lowest BCUT2D eigenvalue weighted by Gasteiger charge is -2.22. The minimum atomic E-state index is -0.563. The van der Waals surface area contributed by atoms with Gasteiger partial charge in [0.25, 0.3) is 5.56 Å². The zero-order valence-electron chi connectivity index (χ0n) is 20.7. The van der Waals surface area contributed by atoms with Crippen molar-refractivity contribution < 1.29 is 5.11 Å². The standard InChI is InChI=1S/C27H26ClN7O2/c1-27(2,16-36)35-15-19(13-31-35)24-32-23-7-6-18(21-5-4-8-34(3)26(21)37)10-22(23)25(33-24)30-12-17-9-20(28)14-29-11-17/h4-11,13-15,36H,12,16H2,1-3H3,(H,30,32,33). The molecule has 0 radical (unpaired) electrons. The van der Waals surface area contributed by atoms with Crippen LogP contribution in [0.1, 0.15) is 19.4 Å². The molecule has 2 N–H and O–H groups in total. The number of aromatic nitrogens is 6. The number of aliphatic hydroxyl groups excluding tert-OH is 1. The van der Waals surface area contributed by atoms with Crippen LogP contribution in [0.15, 0.2) is 72.2 Å². The van der Waals surface area contributed by atoms with Gasteiger partial charge in [0.05, 0.1) is 34.4 Å². The SMILES string of the molecule is Cn1cccc(-c2ccc3nc(-c4cnn(C(C)(C)CO)c4)nc(NCc4cncc(Cl)c4)c3c2)c1=O. The number of aryl methyl sites for hydroxylation is 1. The van der Waals surface area contributed by atoms with Crippen LogP contribution in [0, 0.1) is 0 Å². The number of rotatable bonds is 7. The first kappa shape index (κ1) is 24.6. The Morgan fingerprint density at radius 2 is 1.92 bits per heavy atom. The van der Waals surface area contributed by atoms with Crippen molar-refractivity contribution in [3.05, 3.63) is 88.3 Å². The summed E-state index contributed by atoms with van der Waals surface area (Å²) in [5.41, 5.74) is 3.04. The Morgan fingerprint density at radius 1 is 1.08 bits per heavy atom. The number of anilines is 1. The van der Waals surface area contributed by atoms with Gasteiger partial charge in [0.2, 0.25) is 0 Å². The van der Waals surface area contributed by atoms with Crippen LogP contribution in [-0.2, 0) is 19.1 Å². The van der Waals surface area contributed by atoms with Gasteiger partial charge in [-0.3, -0.25) is 14.5 Å². The molecular weight excluding hydrogens is 490 g/mol. The fourth-order valence-electron chi connectivity index (χ4n) is 3.96. The Balaban J connectivity index is 1.62. The first-order chi connectivity index (χ1) is 17.7. The predicted molar refractivity (Wildman–Crippen MR) is 144 cm³/mol. The van der Waals surface area contributed by atoms with E-state index in [4.69, 9.17) is 21.6 Å². The minimum absolute atomic E-state index is 0.0606. The molecule has 0 spiro atoms. The summed E-state index contributed by atoms with van der Waals surface area (Å²) in [6.45, 7) is 4.17. The molecule has 9 nitrogen and oxygen atoms in total. The monoisotopic (exact) mass is 515 g/mol. The molecule has 0 bridgehead atoms. The maximum Gasteiger partial charge on any atom is 0.258 e. The van der Waals surface area contributed by atoms with Gasteiger partial charge in [-0.25, -0.2) is 9.97 Å². The molecule has 4 aromatic heterocycles. The van der Waals surface area contributed by atoms with Crippen LogP contribution in [0.5, 0.6) is 0 Å². The first-order valence-corrected chi connectivity index (χ1v) is 12.1. The van der Waals surface area contributed by atoms with Crippen LogP contribution < -0.4 is 10.9 Å². The maximum absolute atomic E-state index is 12.7. The molecule has 0 aliphatic carbocycles. The molecule has 0 amide bonds. The number of nitrogens with zero attached hydrogens (tertiary/aromatic N) is 6. The molecule has 5 aromatic rings. The van der Waals surface area contributed by atoms with Crippen LogP contribution in [-0.4, -0.2) is 41.0 Å². The number of hydrogen-bond acceptors (Lipinski definition) is 7. The molecule has 0 unspecified atom stereocenters. The van der Waals surface area contributed by atoms with Crippen LogP contribution in [0.4, 0.5) is 5.82 Å². The maximum atomic E-state index is 12.7. The second-order valence-corrected chi connectivity index (χ2v) is 9.91. The third-order valence-electron chi connectivity index (χ3n) is 6.20. The van der Waals surface area contributed by atoms with E-state index < -0.39 is 5.54 Å². The van der Waals surface area contributed by atoms with Gasteiger partial charge >= 0.3 is 0 Å². The molecule has 1 aromatic carbocycles. The van der Waals surface area contributed by atoms with Crippen molar-refractivity contribution in [1.82, 2.24) is 29.3 Å². The summed E-state index contributed by atoms with van der Waals surface area (Å²) in [5, 5.41) is 18.9. The fraction of sp³-hybridized carbons (Fsp3) is 0.222. The number of nitrogens with one attached hydrogen (secondary N) is 1. The summed E-state index contributed by atoms with van der Waals surface area (Å²) in [4.78, 5) is 26.5. The minimum Gasteiger partial charge on any atom is -0.394 e. The number of hydrogen-bond donors (Lipinski definition) is 2. The largest absolute Gasteiger partial charge is 0.394 e. The molecule has 0 aliphatic rings. The molecule has 188 valence electrons. The summed E-state index contributed by atoms with van der Waals surface area (Å²) in [6.07, 6.45) is 8.56. The predicted octanol–water partition coefficient (Wildman–Crippen LogP) is 4.25. The van der Waals surface area contributed by atoms with E-state index in [1.807, 2.05) is 50.4 Å². The first-order valence-electron chi connectivity index (χ1n) is 11.7. The number of halogens is 1. The van der Waals surface area contributed by atoms with E-state index in [2.05, 4.69) is 15.4 Å². The number of fused-ring (bicyclic) bond motifs is 1. The van der Waals surface area contributed by atoms with Crippen molar-refractivity contribution >= 4 is 28.3 Å². The number of aliphatic hydroxyl groups is 1. The molecule has 0 atom stereocenters. The van der Waals surface area contributed by atoms with Gasteiger partial charge < -0.3 is 15.0 Å². The van der Waals surface area contributed by atoms with Gasteiger partial charge in [-0.2, -0.15) is 5.10 Å². The highest BCUT2D eigenvalue weighted by Gasteiger charge is 2.21. The third-order valence-corrected chi connectivity index (χ3v) is 6.41. The van der Waals surface area contributed by atoms with Crippen molar-refractivity contribution in [2.45, 2.75) is 25.9 Å². The molecule has 0 fully saturated rings. The summed E-state index contributed by atoms with van der Waals surface area (Å²) < 4.78 is 3.25. The second kappa shape index (κ2) is 9.76. The van der Waals surface area contributed by atoms with Crippen LogP contribution >= 0.6 is 11.6 Å². The smallest absolute Gasteiger partial charge is 0.258 e. The summed E-state index contributed by atoms with van der Waals surface area (Å²) in [7, 11) is 1.73. The zero-order chi connectivity index (χ0) is 26.2. The average Bonchev–Trinajstić information content (AvgIpc) is 3.40. The van der Waals surface area contributed by atoms with Crippen LogP contribution in [0.25, 0.3) is 33.4 Å². The molecule has 5 rings (SSSR count). The topological polar surface area (TPSA) is 111 Å². The normalized spacial score (nSPS) is 11.7. The van der Waals surface area contributed by atoms with Gasteiger partial charge in [-0.15, -0.1) is 0 Å². The van der Waals surface area contributed by atoms with Crippen LogP contribution in [0.3, 0.4) is 0 Å². The van der Waals surface area contributed by atoms with Gasteiger partial charge in [0.1, 0.15) is 5.82 Å². The summed E-state index contributed by atoms with van der Waals surface area (Å²) in [5.74, 6) is 1.09. The Labute approximate surface area is 218 Å². The second-order valence-electron chi connectivity index (χ2n) is 9.47. The van der Waals surface area contributed by atoms with E-state index in [0.717, 1.165) is 22.1 Å². The molecule has 10 heteroatoms. The van der Waals surface area contributed by atoms with E-state index in [1.165, 1.54) is 0 Å². The lowest BCUT2D eigenvalue weighted by Crippen LogP contribution is -2.30. The van der Waals surface area contributed by atoms with Gasteiger partial charge in [-0.1, -0.05) is 17.7 Å². The lowest BCUT2D eigenvalue weighted by atomic mass is 10.0. The number of benzene rings is 1. The van der Waals surface area contributed by atoms with Crippen LogP contribution in [0.2, 0.25) is 5.02 Å². The molecule has 0 saturated carbocycles. The van der Waals surface area contributed by atoms with Gasteiger partial charge in [-0.05, 0) is 55.3 Å². The van der Waals surface area contributed by atoms with Crippen molar-refractivity contribution in [2.75, 3.05) is 11.9 Å². The van der Waals surface area contributed by atoms with Crippen molar-refractivity contribution in [3.63, 3.8) is 0 Å². The third kappa shape index (κ3) is 4.96. The number of pyridine rings is 2.